The average molecular weight is 560 g/mol. The van der Waals surface area contributed by atoms with Crippen molar-refractivity contribution in [3.63, 3.8) is 0 Å². The van der Waals surface area contributed by atoms with Crippen LogP contribution in [0.1, 0.15) is 0 Å². The number of hydrogen-bond acceptors (Lipinski definition) is 4. The molecule has 6 rings (SSSR count). The third kappa shape index (κ3) is 4.79. The second kappa shape index (κ2) is 9.60. The van der Waals surface area contributed by atoms with Gasteiger partial charge in [0.05, 0.1) is 0 Å². The van der Waals surface area contributed by atoms with Gasteiger partial charge in [0.25, 0.3) is 0 Å². The Labute approximate surface area is 197 Å². The van der Waals surface area contributed by atoms with Crippen molar-refractivity contribution in [3.8, 4) is 11.4 Å². The number of pyridine rings is 3. The zero-order valence-electron chi connectivity index (χ0n) is 16.0. The molecule has 0 radical (unpaired) electrons. The molecule has 0 spiro atoms. The molecule has 156 valence electrons. The van der Waals surface area contributed by atoms with E-state index in [0.717, 1.165) is 41.3 Å². The zero-order chi connectivity index (χ0) is 21.8. The van der Waals surface area contributed by atoms with Crippen LogP contribution in [0.4, 0.5) is 0 Å². The Bertz CT molecular complexity index is 1410. The Kier molecular flexibility index (Phi) is 6.65. The number of fused-ring (bicyclic) bond motifs is 3. The first-order valence-corrected chi connectivity index (χ1v) is 11.2. The van der Waals surface area contributed by atoms with Gasteiger partial charge in [0.2, 0.25) is 0 Å². The van der Waals surface area contributed by atoms with Crippen LogP contribution in [0, 0.1) is 0 Å². The highest BCUT2D eigenvalue weighted by Crippen LogP contribution is 2.23. The van der Waals surface area contributed by atoms with Crippen molar-refractivity contribution in [2.75, 3.05) is 0 Å². The molecule has 2 aliphatic rings. The minimum absolute atomic E-state index is 0.600. The average Bonchev–Trinajstić information content (AvgIpc) is 3.51. The van der Waals surface area contributed by atoms with E-state index < -0.39 is 0 Å². The van der Waals surface area contributed by atoms with Gasteiger partial charge in [0, 0.05) is 62.5 Å². The van der Waals surface area contributed by atoms with Gasteiger partial charge < -0.3 is 14.5 Å². The summed E-state index contributed by atoms with van der Waals surface area (Å²) < 4.78 is 5.09. The largest absolute Gasteiger partial charge is 0.427 e. The summed E-state index contributed by atoms with van der Waals surface area (Å²) >= 11 is 6.86. The van der Waals surface area contributed by atoms with Crippen molar-refractivity contribution < 1.29 is 5.21 Å². The van der Waals surface area contributed by atoms with E-state index in [-0.39, 0.29) is 0 Å². The fourth-order valence-electron chi connectivity index (χ4n) is 2.91. The summed E-state index contributed by atoms with van der Waals surface area (Å²) in [6, 6.07) is 13.4. The quantitative estimate of drug-likeness (QED) is 0.177. The summed E-state index contributed by atoms with van der Waals surface area (Å²) in [6.07, 6.45) is 10.6. The van der Waals surface area contributed by atoms with E-state index in [9.17, 15) is 0 Å². The number of halogens is 2. The second-order valence-electron chi connectivity index (χ2n) is 6.36. The molecular weight excluding hydrogens is 543 g/mol. The molecule has 0 saturated carbocycles. The number of nitrogens with one attached hydrogen (secondary N) is 1. The molecule has 4 aromatic heterocycles. The van der Waals surface area contributed by atoms with Gasteiger partial charge in [-0.15, -0.1) is 0 Å². The molecule has 2 N–H and O–H groups in total. The first kappa shape index (κ1) is 21.5. The fourth-order valence-corrected chi connectivity index (χ4v) is 4.07. The minimum Gasteiger partial charge on any atom is -0.427 e. The molecule has 1 unspecified atom stereocenters. The number of nitrogens with zero attached hydrogens (tertiary/aromatic N) is 5. The lowest BCUT2D eigenvalue weighted by molar-refractivity contribution is 0.187. The van der Waals surface area contributed by atoms with E-state index in [0.29, 0.717) is 5.82 Å². The van der Waals surface area contributed by atoms with Crippen molar-refractivity contribution in [1.29, 1.82) is 0 Å². The Balaban J connectivity index is 0.000000112. The van der Waals surface area contributed by atoms with E-state index in [1.165, 1.54) is 0 Å². The van der Waals surface area contributed by atoms with Crippen LogP contribution in [0.25, 0.3) is 33.5 Å². The number of hydrogen-bond donors (Lipinski definition) is 2. The number of aromatic nitrogens is 6. The maximum Gasteiger partial charge on any atom is 0.175 e. The lowest BCUT2D eigenvalue weighted by Gasteiger charge is -2.00. The fraction of sp³-hybridized carbons (Fsp3) is 0. The van der Waals surface area contributed by atoms with E-state index in [1.807, 2.05) is 53.1 Å². The Morgan fingerprint density at radius 1 is 0.839 bits per heavy atom. The molecule has 6 heterocycles. The summed E-state index contributed by atoms with van der Waals surface area (Å²) in [5.41, 5.74) is 2.85. The van der Waals surface area contributed by atoms with Crippen LogP contribution in [0.3, 0.4) is 0 Å². The topological polar surface area (TPSA) is 84.5 Å². The van der Waals surface area contributed by atoms with Gasteiger partial charge in [-0.3, -0.25) is 0 Å². The van der Waals surface area contributed by atoms with Crippen LogP contribution in [-0.2, 0) is 0 Å². The molecule has 0 saturated heterocycles. The molecule has 10 heteroatoms. The van der Waals surface area contributed by atoms with Crippen molar-refractivity contribution in [1.82, 2.24) is 29.0 Å². The summed E-state index contributed by atoms with van der Waals surface area (Å²) in [6.45, 7) is 0. The van der Waals surface area contributed by atoms with Gasteiger partial charge in [-0.05, 0) is 83.7 Å². The van der Waals surface area contributed by atoms with Crippen molar-refractivity contribution >= 4 is 63.3 Å². The third-order valence-corrected chi connectivity index (χ3v) is 6.20. The van der Waals surface area contributed by atoms with E-state index in [4.69, 9.17) is 5.21 Å². The molecule has 0 fully saturated rings. The van der Waals surface area contributed by atoms with Crippen molar-refractivity contribution in [3.05, 3.63) is 88.6 Å². The third-order valence-electron chi connectivity index (χ3n) is 4.40. The first-order valence-electron chi connectivity index (χ1n) is 9.10. The molecule has 4 aromatic rings. The molecular formula is C21H17Br2N6OP. The van der Waals surface area contributed by atoms with Crippen molar-refractivity contribution in [2.45, 2.75) is 0 Å². The Hall–Kier alpha value is -2.74. The molecule has 7 nitrogen and oxygen atoms in total. The zero-order valence-corrected chi connectivity index (χ0v) is 20.3. The van der Waals surface area contributed by atoms with Crippen LogP contribution in [0.2, 0.25) is 0 Å². The predicted molar refractivity (Wildman–Crippen MR) is 132 cm³/mol. The lowest BCUT2D eigenvalue weighted by atomic mass is 10.3. The molecule has 0 aromatic carbocycles. The number of aromatic amines is 1. The smallest absolute Gasteiger partial charge is 0.175 e. The van der Waals surface area contributed by atoms with Gasteiger partial charge in [0.15, 0.2) is 5.82 Å². The van der Waals surface area contributed by atoms with Crippen LogP contribution < -0.4 is 0 Å². The molecule has 0 amide bonds. The predicted octanol–water partition coefficient (Wildman–Crippen LogP) is 5.99. The maximum atomic E-state index is 9.11. The number of rotatable bonds is 0. The highest BCUT2D eigenvalue weighted by Gasteiger charge is 2.04. The molecule has 31 heavy (non-hydrogen) atoms. The van der Waals surface area contributed by atoms with Crippen molar-refractivity contribution in [2.24, 2.45) is 0 Å². The Morgan fingerprint density at radius 2 is 1.58 bits per heavy atom. The lowest BCUT2D eigenvalue weighted by Crippen LogP contribution is -1.96. The monoisotopic (exact) mass is 558 g/mol. The summed E-state index contributed by atoms with van der Waals surface area (Å²) in [5, 5.41) is 11.4. The van der Waals surface area contributed by atoms with Gasteiger partial charge in [-0.25, -0.2) is 15.0 Å². The van der Waals surface area contributed by atoms with E-state index in [2.05, 4.69) is 61.2 Å². The molecule has 0 bridgehead atoms. The van der Waals surface area contributed by atoms with Gasteiger partial charge in [0.1, 0.15) is 11.3 Å². The first-order chi connectivity index (χ1) is 15.0. The minimum atomic E-state index is 0.600. The highest BCUT2D eigenvalue weighted by atomic mass is 79.9. The highest BCUT2D eigenvalue weighted by molar-refractivity contribution is 9.11. The molecule has 2 aliphatic heterocycles. The normalized spacial score (nSPS) is 10.5. The van der Waals surface area contributed by atoms with Crippen LogP contribution in [0.15, 0.2) is 88.6 Å². The van der Waals surface area contributed by atoms with Gasteiger partial charge in [-0.2, -0.15) is 4.73 Å². The molecule has 1 atom stereocenters. The summed E-state index contributed by atoms with van der Waals surface area (Å²) in [7, 11) is 2.59. The van der Waals surface area contributed by atoms with Crippen LogP contribution in [0.5, 0.6) is 0 Å². The SMILES string of the molecule is Brc1ccnc2[nH]ccc12.On1cccc2ccnc1-2.Pn1ccc2c(Br)ccnc21. The standard InChI is InChI=1S/C7H6BrN2P.C7H5BrN2.C7H6N2O/c8-6-1-3-9-7-5(6)2-4-10(7)11;8-6-2-4-10-7-5(6)1-3-9-7;10-9-5-1-2-6-3-4-8-7(6)9/h1-4H,11H2;1-4H,(H,9,10);1-5,10H. The van der Waals surface area contributed by atoms with E-state index in [1.54, 1.807) is 30.9 Å². The van der Waals surface area contributed by atoms with E-state index >= 15 is 0 Å². The Morgan fingerprint density at radius 3 is 2.32 bits per heavy atom. The van der Waals surface area contributed by atoms with Gasteiger partial charge >= 0.3 is 0 Å². The van der Waals surface area contributed by atoms with Crippen LogP contribution in [-0.4, -0.2) is 34.2 Å². The summed E-state index contributed by atoms with van der Waals surface area (Å²) in [4.78, 5) is 15.3. The second-order valence-corrected chi connectivity index (χ2v) is 8.63. The molecule has 0 aliphatic carbocycles. The summed E-state index contributed by atoms with van der Waals surface area (Å²) in [5.74, 6) is 0.600. The number of H-pyrrole nitrogens is 1. The van der Waals surface area contributed by atoms with Gasteiger partial charge in [-0.1, -0.05) is 0 Å². The van der Waals surface area contributed by atoms with Crippen LogP contribution >= 0.6 is 41.3 Å². The maximum absolute atomic E-state index is 9.11.